The maximum Gasteiger partial charge on any atom is 0.227 e. The Balaban J connectivity index is 1.72. The number of benzene rings is 1. The summed E-state index contributed by atoms with van der Waals surface area (Å²) < 4.78 is 2.02. The summed E-state index contributed by atoms with van der Waals surface area (Å²) in [7, 11) is 0. The van der Waals surface area contributed by atoms with E-state index >= 15 is 0 Å². The maximum atomic E-state index is 12.6. The fourth-order valence-electron chi connectivity index (χ4n) is 3.11. The number of Topliss-reactive ketones (excluding diaryl/α,β-unsaturated/α-hetero) is 1. The molecule has 120 valence electrons. The lowest BCUT2D eigenvalue weighted by Crippen LogP contribution is -2.39. The molecule has 25 heavy (non-hydrogen) atoms. The first-order valence-corrected chi connectivity index (χ1v) is 8.37. The average molecular weight is 324 g/mol. The maximum absolute atomic E-state index is 12.6. The Hall–Kier alpha value is -3.26. The normalized spacial score (nSPS) is 10.7. The van der Waals surface area contributed by atoms with Crippen molar-refractivity contribution in [1.82, 2.24) is 0 Å². The lowest BCUT2D eigenvalue weighted by atomic mass is 10.1. The summed E-state index contributed by atoms with van der Waals surface area (Å²) in [6, 6.07) is 30.2. The predicted molar refractivity (Wildman–Crippen MR) is 99.5 cm³/mol. The molecule has 1 heterocycles. The third-order valence-corrected chi connectivity index (χ3v) is 4.38. The molecule has 0 N–H and O–H groups in total. The molecule has 0 atom stereocenters. The summed E-state index contributed by atoms with van der Waals surface area (Å²) in [5.41, 5.74) is 5.31. The Morgan fingerprint density at radius 3 is 1.96 bits per heavy atom. The van der Waals surface area contributed by atoms with Gasteiger partial charge in [-0.25, -0.2) is 0 Å². The van der Waals surface area contributed by atoms with Gasteiger partial charge in [-0.05, 0) is 29.3 Å². The molecular formula is C23H18NO+. The fraction of sp³-hybridized carbons (Fsp3) is 0.0435. The first-order valence-electron chi connectivity index (χ1n) is 8.37. The summed E-state index contributed by atoms with van der Waals surface area (Å²) in [5.74, 6) is 0.112. The van der Waals surface area contributed by atoms with Crippen molar-refractivity contribution in [2.45, 2.75) is 6.54 Å². The van der Waals surface area contributed by atoms with Crippen molar-refractivity contribution >= 4 is 5.78 Å². The van der Waals surface area contributed by atoms with E-state index in [1.807, 2.05) is 71.4 Å². The molecule has 0 bridgehead atoms. The largest absolute Gasteiger partial charge is 0.287 e. The molecule has 1 aromatic carbocycles. The number of nitrogens with zero attached hydrogens (tertiary/aromatic N) is 1. The molecule has 0 fully saturated rings. The number of hydrogen-bond acceptors (Lipinski definition) is 1. The second kappa shape index (κ2) is 6.70. The van der Waals surface area contributed by atoms with Crippen LogP contribution < -0.4 is 4.57 Å². The Morgan fingerprint density at radius 2 is 1.28 bits per heavy atom. The number of aromatic nitrogens is 1. The highest BCUT2D eigenvalue weighted by Crippen LogP contribution is 2.30. The molecule has 2 aliphatic carbocycles. The zero-order valence-electron chi connectivity index (χ0n) is 13.8. The van der Waals surface area contributed by atoms with Gasteiger partial charge in [-0.3, -0.25) is 4.79 Å². The summed E-state index contributed by atoms with van der Waals surface area (Å²) in [6.07, 6.45) is 1.97. The number of carbonyl (C=O) groups excluding carboxylic acids is 1. The van der Waals surface area contributed by atoms with Gasteiger partial charge in [0.2, 0.25) is 18.0 Å². The van der Waals surface area contributed by atoms with E-state index in [4.69, 9.17) is 0 Å². The van der Waals surface area contributed by atoms with Crippen LogP contribution in [0.5, 0.6) is 0 Å². The second-order valence-electron chi connectivity index (χ2n) is 6.07. The Bertz CT molecular complexity index is 961. The zero-order valence-corrected chi connectivity index (χ0v) is 13.8. The van der Waals surface area contributed by atoms with Crippen molar-refractivity contribution in [1.29, 1.82) is 0 Å². The van der Waals surface area contributed by atoms with Crippen LogP contribution in [0.25, 0.3) is 22.4 Å². The van der Waals surface area contributed by atoms with E-state index in [1.54, 1.807) is 0 Å². The molecule has 0 aliphatic heterocycles. The van der Waals surface area contributed by atoms with Crippen LogP contribution in [-0.4, -0.2) is 5.78 Å². The number of pyridine rings is 1. The van der Waals surface area contributed by atoms with Crippen LogP contribution >= 0.6 is 0 Å². The minimum atomic E-state index is 0.112. The van der Waals surface area contributed by atoms with Gasteiger partial charge in [-0.2, -0.15) is 4.57 Å². The van der Waals surface area contributed by atoms with Gasteiger partial charge in [0.1, 0.15) is 0 Å². The molecule has 2 aromatic rings. The highest BCUT2D eigenvalue weighted by molar-refractivity contribution is 5.95. The van der Waals surface area contributed by atoms with Crippen LogP contribution in [0.3, 0.4) is 0 Å². The van der Waals surface area contributed by atoms with E-state index in [-0.39, 0.29) is 5.78 Å². The number of carbonyl (C=O) groups is 1. The van der Waals surface area contributed by atoms with Gasteiger partial charge in [-0.15, -0.1) is 0 Å². The topological polar surface area (TPSA) is 20.9 Å². The molecule has 0 radical (unpaired) electrons. The molecule has 0 saturated heterocycles. The van der Waals surface area contributed by atoms with Gasteiger partial charge in [0.05, 0.1) is 0 Å². The molecule has 4 rings (SSSR count). The molecule has 2 nitrogen and oxygen atoms in total. The number of fused-ring (bicyclic) bond motifs is 1. The van der Waals surface area contributed by atoms with Gasteiger partial charge in [-0.1, -0.05) is 60.7 Å². The Labute approximate surface area is 147 Å². The van der Waals surface area contributed by atoms with Crippen LogP contribution in [0.15, 0.2) is 97.2 Å². The van der Waals surface area contributed by atoms with E-state index in [0.29, 0.717) is 6.54 Å². The minimum Gasteiger partial charge on any atom is -0.287 e. The molecular weight excluding hydrogens is 306 g/mol. The van der Waals surface area contributed by atoms with Gasteiger partial charge in [0, 0.05) is 23.3 Å². The first-order chi connectivity index (χ1) is 12.3. The third-order valence-electron chi connectivity index (χ3n) is 4.38. The van der Waals surface area contributed by atoms with Crippen molar-refractivity contribution in [2.24, 2.45) is 0 Å². The van der Waals surface area contributed by atoms with E-state index in [9.17, 15) is 4.79 Å². The van der Waals surface area contributed by atoms with Crippen LogP contribution in [-0.2, 0) is 6.54 Å². The molecule has 2 aliphatic rings. The van der Waals surface area contributed by atoms with Crippen LogP contribution in [0.1, 0.15) is 10.4 Å². The second-order valence-corrected chi connectivity index (χ2v) is 6.07. The summed E-state index contributed by atoms with van der Waals surface area (Å²) in [4.78, 5) is 12.6. The highest BCUT2D eigenvalue weighted by Gasteiger charge is 2.19. The lowest BCUT2D eigenvalue weighted by Gasteiger charge is -2.02. The zero-order chi connectivity index (χ0) is 17.1. The monoisotopic (exact) mass is 324 g/mol. The smallest absolute Gasteiger partial charge is 0.227 e. The van der Waals surface area contributed by atoms with Crippen molar-refractivity contribution in [2.75, 3.05) is 0 Å². The summed E-state index contributed by atoms with van der Waals surface area (Å²) in [5, 5.41) is 0. The van der Waals surface area contributed by atoms with Gasteiger partial charge >= 0.3 is 0 Å². The SMILES string of the molecule is O=C(C[n+]1ccccc1-c1cc2cccccc-2c1)c1ccccc1. The Kier molecular flexibility index (Phi) is 4.09. The van der Waals surface area contributed by atoms with Crippen LogP contribution in [0.2, 0.25) is 0 Å². The third kappa shape index (κ3) is 3.20. The Morgan fingerprint density at radius 1 is 0.680 bits per heavy atom. The quantitative estimate of drug-likeness (QED) is 0.396. The van der Waals surface area contributed by atoms with Crippen LogP contribution in [0.4, 0.5) is 0 Å². The molecule has 2 heteroatoms. The summed E-state index contributed by atoms with van der Waals surface area (Å²) in [6.45, 7) is 0.329. The molecule has 0 amide bonds. The van der Waals surface area contributed by atoms with Crippen molar-refractivity contribution in [3.8, 4) is 22.4 Å². The number of rotatable bonds is 4. The highest BCUT2D eigenvalue weighted by atomic mass is 16.1. The molecule has 0 spiro atoms. The van der Waals surface area contributed by atoms with E-state index in [0.717, 1.165) is 16.8 Å². The first kappa shape index (κ1) is 15.3. The van der Waals surface area contributed by atoms with Crippen LogP contribution in [0, 0.1) is 0 Å². The molecule has 0 unspecified atom stereocenters. The van der Waals surface area contributed by atoms with Crippen molar-refractivity contribution < 1.29 is 9.36 Å². The van der Waals surface area contributed by atoms with Gasteiger partial charge in [0.15, 0.2) is 6.20 Å². The van der Waals surface area contributed by atoms with E-state index in [1.165, 1.54) is 11.1 Å². The van der Waals surface area contributed by atoms with Crippen molar-refractivity contribution in [3.63, 3.8) is 0 Å². The lowest BCUT2D eigenvalue weighted by molar-refractivity contribution is -0.672. The molecule has 1 aromatic heterocycles. The van der Waals surface area contributed by atoms with Gasteiger partial charge < -0.3 is 0 Å². The predicted octanol–water partition coefficient (Wildman–Crippen LogP) is 4.63. The van der Waals surface area contributed by atoms with Gasteiger partial charge in [0.25, 0.3) is 0 Å². The number of ketones is 1. The van der Waals surface area contributed by atoms with E-state index < -0.39 is 0 Å². The molecule has 0 saturated carbocycles. The standard InChI is InChI=1S/C23H18NO/c25-23(18-9-3-1-4-10-18)17-24-14-8-7-13-22(24)21-15-19-11-5-2-6-12-20(19)16-21/h1-16H,17H2/q+1. The minimum absolute atomic E-state index is 0.112. The fourth-order valence-corrected chi connectivity index (χ4v) is 3.11. The average Bonchev–Trinajstić information content (AvgIpc) is 2.93. The van der Waals surface area contributed by atoms with Crippen molar-refractivity contribution in [3.05, 3.63) is 103 Å². The van der Waals surface area contributed by atoms with E-state index in [2.05, 4.69) is 30.3 Å². The summed E-state index contributed by atoms with van der Waals surface area (Å²) >= 11 is 0. The number of hydrogen-bond donors (Lipinski definition) is 0.